The maximum Gasteiger partial charge on any atom is 0.234 e. The number of hydrogen-bond donors (Lipinski definition) is 0. The molecule has 0 atom stereocenters. The highest BCUT2D eigenvalue weighted by atomic mass is 35.5. The van der Waals surface area contributed by atoms with Crippen molar-refractivity contribution in [1.82, 2.24) is 9.36 Å². The SMILES string of the molecule is CC(C)(Cc1nc(Cl)ns1)C1CC1. The number of rotatable bonds is 3. The summed E-state index contributed by atoms with van der Waals surface area (Å²) in [5.41, 5.74) is 0.378. The van der Waals surface area contributed by atoms with Gasteiger partial charge in [-0.3, -0.25) is 0 Å². The highest BCUT2D eigenvalue weighted by Gasteiger charge is 2.38. The van der Waals surface area contributed by atoms with Crippen LogP contribution in [-0.2, 0) is 6.42 Å². The third kappa shape index (κ3) is 2.20. The summed E-state index contributed by atoms with van der Waals surface area (Å²) in [5.74, 6) is 0.884. The molecule has 1 aromatic heterocycles. The van der Waals surface area contributed by atoms with E-state index in [2.05, 4.69) is 23.2 Å². The lowest BCUT2D eigenvalue weighted by molar-refractivity contribution is 0.307. The normalized spacial score (nSPS) is 17.8. The fourth-order valence-corrected chi connectivity index (χ4v) is 2.75. The molecule has 72 valence electrons. The summed E-state index contributed by atoms with van der Waals surface area (Å²) in [7, 11) is 0. The van der Waals surface area contributed by atoms with Gasteiger partial charge in [-0.2, -0.15) is 4.37 Å². The van der Waals surface area contributed by atoms with Crippen molar-refractivity contribution in [3.8, 4) is 0 Å². The lowest BCUT2D eigenvalue weighted by atomic mass is 9.84. The average Bonchev–Trinajstić information content (AvgIpc) is 2.78. The summed E-state index contributed by atoms with van der Waals surface area (Å²) < 4.78 is 3.98. The van der Waals surface area contributed by atoms with Gasteiger partial charge in [0.05, 0.1) is 0 Å². The zero-order chi connectivity index (χ0) is 9.47. The topological polar surface area (TPSA) is 25.8 Å². The van der Waals surface area contributed by atoms with Gasteiger partial charge < -0.3 is 0 Å². The Balaban J connectivity index is 2.04. The molecule has 0 bridgehead atoms. The Kier molecular flexibility index (Phi) is 2.32. The first kappa shape index (κ1) is 9.41. The van der Waals surface area contributed by atoms with Gasteiger partial charge in [0.1, 0.15) is 5.01 Å². The molecule has 1 aliphatic rings. The molecule has 1 aromatic rings. The summed E-state index contributed by atoms with van der Waals surface area (Å²) in [6.45, 7) is 4.61. The molecule has 2 rings (SSSR count). The molecule has 0 aromatic carbocycles. The molecule has 0 amide bonds. The van der Waals surface area contributed by atoms with Crippen LogP contribution in [0.1, 0.15) is 31.7 Å². The molecular weight excluding hydrogens is 204 g/mol. The van der Waals surface area contributed by atoms with E-state index in [9.17, 15) is 0 Å². The molecule has 1 saturated carbocycles. The fraction of sp³-hybridized carbons (Fsp3) is 0.778. The summed E-state index contributed by atoms with van der Waals surface area (Å²) in [5, 5.41) is 1.47. The third-order valence-corrected chi connectivity index (χ3v) is 3.71. The van der Waals surface area contributed by atoms with Crippen molar-refractivity contribution in [3.63, 3.8) is 0 Å². The molecule has 0 spiro atoms. The van der Waals surface area contributed by atoms with Gasteiger partial charge in [-0.15, -0.1) is 0 Å². The monoisotopic (exact) mass is 216 g/mol. The number of nitrogens with zero attached hydrogens (tertiary/aromatic N) is 2. The molecule has 0 N–H and O–H groups in total. The van der Waals surface area contributed by atoms with Crippen LogP contribution in [0.3, 0.4) is 0 Å². The second-order valence-corrected chi connectivity index (χ2v) is 5.57. The van der Waals surface area contributed by atoms with Crippen molar-refractivity contribution in [3.05, 3.63) is 10.3 Å². The van der Waals surface area contributed by atoms with E-state index in [0.29, 0.717) is 10.7 Å². The number of aromatic nitrogens is 2. The van der Waals surface area contributed by atoms with E-state index in [-0.39, 0.29) is 0 Å². The Morgan fingerprint density at radius 1 is 1.54 bits per heavy atom. The summed E-state index contributed by atoms with van der Waals surface area (Å²) >= 11 is 7.10. The van der Waals surface area contributed by atoms with Gasteiger partial charge >= 0.3 is 0 Å². The molecule has 0 aliphatic heterocycles. The maximum atomic E-state index is 5.67. The summed E-state index contributed by atoms with van der Waals surface area (Å²) in [4.78, 5) is 4.18. The number of halogens is 1. The quantitative estimate of drug-likeness (QED) is 0.776. The first-order chi connectivity index (χ1) is 6.08. The zero-order valence-electron chi connectivity index (χ0n) is 7.88. The van der Waals surface area contributed by atoms with Crippen LogP contribution in [-0.4, -0.2) is 9.36 Å². The molecule has 0 unspecified atom stereocenters. The maximum absolute atomic E-state index is 5.67. The van der Waals surface area contributed by atoms with Crippen LogP contribution in [0.4, 0.5) is 0 Å². The van der Waals surface area contributed by atoms with Crippen molar-refractivity contribution in [2.75, 3.05) is 0 Å². The minimum atomic E-state index is 0.378. The highest BCUT2D eigenvalue weighted by molar-refractivity contribution is 7.05. The Morgan fingerprint density at radius 3 is 2.69 bits per heavy atom. The highest BCUT2D eigenvalue weighted by Crippen LogP contribution is 2.47. The van der Waals surface area contributed by atoms with Crippen molar-refractivity contribution in [2.24, 2.45) is 11.3 Å². The van der Waals surface area contributed by atoms with Crippen LogP contribution >= 0.6 is 23.1 Å². The molecule has 13 heavy (non-hydrogen) atoms. The molecule has 0 saturated heterocycles. The average molecular weight is 217 g/mol. The molecule has 1 aliphatic carbocycles. The van der Waals surface area contributed by atoms with Gasteiger partial charge in [0, 0.05) is 6.42 Å². The van der Waals surface area contributed by atoms with Gasteiger partial charge in [0.25, 0.3) is 0 Å². The second-order valence-electron chi connectivity index (χ2n) is 4.40. The predicted octanol–water partition coefficient (Wildman–Crippen LogP) is 3.17. The van der Waals surface area contributed by atoms with E-state index in [1.54, 1.807) is 0 Å². The standard InChI is InChI=1S/C9H13ClN2S/c1-9(2,6-3-4-6)5-7-11-8(10)12-13-7/h6H,3-5H2,1-2H3. The first-order valence-electron chi connectivity index (χ1n) is 4.56. The van der Waals surface area contributed by atoms with Crippen molar-refractivity contribution < 1.29 is 0 Å². The Hall–Kier alpha value is -0.150. The van der Waals surface area contributed by atoms with Gasteiger partial charge in [-0.1, -0.05) is 13.8 Å². The lowest BCUT2D eigenvalue weighted by Crippen LogP contribution is -2.17. The summed E-state index contributed by atoms with van der Waals surface area (Å²) in [6.07, 6.45) is 3.77. The largest absolute Gasteiger partial charge is 0.234 e. The molecular formula is C9H13ClN2S. The van der Waals surface area contributed by atoms with Gasteiger partial charge in [-0.25, -0.2) is 4.98 Å². The van der Waals surface area contributed by atoms with E-state index in [0.717, 1.165) is 17.3 Å². The molecule has 0 radical (unpaired) electrons. The zero-order valence-corrected chi connectivity index (χ0v) is 9.45. The minimum absolute atomic E-state index is 0.378. The van der Waals surface area contributed by atoms with E-state index in [1.807, 2.05) is 0 Å². The second kappa shape index (κ2) is 3.21. The minimum Gasteiger partial charge on any atom is -0.210 e. The van der Waals surface area contributed by atoms with Crippen LogP contribution in [0, 0.1) is 11.3 Å². The van der Waals surface area contributed by atoms with Crippen molar-refractivity contribution in [2.45, 2.75) is 33.1 Å². The van der Waals surface area contributed by atoms with Crippen LogP contribution in [0.2, 0.25) is 5.28 Å². The third-order valence-electron chi connectivity index (χ3n) is 2.73. The van der Waals surface area contributed by atoms with Gasteiger partial charge in [0.15, 0.2) is 0 Å². The van der Waals surface area contributed by atoms with Gasteiger partial charge in [-0.05, 0) is 47.3 Å². The predicted molar refractivity (Wildman–Crippen MR) is 55.1 cm³/mol. The van der Waals surface area contributed by atoms with Gasteiger partial charge in [0.2, 0.25) is 5.28 Å². The Morgan fingerprint density at radius 2 is 2.23 bits per heavy atom. The van der Waals surface area contributed by atoms with E-state index >= 15 is 0 Å². The van der Waals surface area contributed by atoms with Crippen LogP contribution in [0.25, 0.3) is 0 Å². The Labute approximate surface area is 87.5 Å². The molecule has 2 nitrogen and oxygen atoms in total. The van der Waals surface area contributed by atoms with Crippen LogP contribution in [0.5, 0.6) is 0 Å². The Bertz CT molecular complexity index is 304. The smallest absolute Gasteiger partial charge is 0.210 e. The summed E-state index contributed by atoms with van der Waals surface area (Å²) in [6, 6.07) is 0. The number of hydrogen-bond acceptors (Lipinski definition) is 3. The molecule has 1 fully saturated rings. The molecule has 1 heterocycles. The van der Waals surface area contributed by atoms with Crippen LogP contribution < -0.4 is 0 Å². The van der Waals surface area contributed by atoms with E-state index in [1.165, 1.54) is 24.4 Å². The molecule has 4 heteroatoms. The van der Waals surface area contributed by atoms with Crippen molar-refractivity contribution >= 4 is 23.1 Å². The van der Waals surface area contributed by atoms with E-state index in [4.69, 9.17) is 11.6 Å². The van der Waals surface area contributed by atoms with Crippen molar-refractivity contribution in [1.29, 1.82) is 0 Å². The van der Waals surface area contributed by atoms with E-state index < -0.39 is 0 Å². The lowest BCUT2D eigenvalue weighted by Gasteiger charge is -2.22. The fourth-order valence-electron chi connectivity index (χ4n) is 1.70. The first-order valence-corrected chi connectivity index (χ1v) is 5.71. The van der Waals surface area contributed by atoms with Crippen LogP contribution in [0.15, 0.2) is 0 Å².